The van der Waals surface area contributed by atoms with E-state index in [1.54, 1.807) is 0 Å². The van der Waals surface area contributed by atoms with Gasteiger partial charge in [0.2, 0.25) is 0 Å². The maximum atomic E-state index is 2.43. The number of hydrogen-bond donors (Lipinski definition) is 0. The lowest BCUT2D eigenvalue weighted by Gasteiger charge is -2.26. The first kappa shape index (κ1) is 33.6. The number of para-hydroxylation sites is 2. The van der Waals surface area contributed by atoms with Gasteiger partial charge in [-0.1, -0.05) is 170 Å². The molecule has 58 heavy (non-hydrogen) atoms. The van der Waals surface area contributed by atoms with Crippen molar-refractivity contribution in [2.45, 2.75) is 0 Å². The molecule has 0 aliphatic carbocycles. The van der Waals surface area contributed by atoms with Crippen LogP contribution >= 0.6 is 0 Å². The van der Waals surface area contributed by atoms with Crippen molar-refractivity contribution >= 4 is 60.4 Å². The lowest BCUT2D eigenvalue weighted by molar-refractivity contribution is 1.18. The van der Waals surface area contributed by atoms with Crippen LogP contribution < -0.4 is 4.90 Å². The van der Waals surface area contributed by atoms with Crippen LogP contribution in [0.25, 0.3) is 82.4 Å². The third-order valence-electron chi connectivity index (χ3n) is 11.6. The molecule has 0 radical (unpaired) electrons. The zero-order valence-electron chi connectivity index (χ0n) is 31.8. The van der Waals surface area contributed by atoms with Crippen LogP contribution in [-0.4, -0.2) is 4.57 Å². The molecule has 0 aliphatic heterocycles. The van der Waals surface area contributed by atoms with E-state index in [2.05, 4.69) is 240 Å². The number of benzene rings is 10. The van der Waals surface area contributed by atoms with E-state index in [9.17, 15) is 0 Å². The molecule has 272 valence electrons. The normalized spacial score (nSPS) is 11.4. The van der Waals surface area contributed by atoms with Crippen molar-refractivity contribution in [2.24, 2.45) is 0 Å². The van der Waals surface area contributed by atoms with Crippen molar-refractivity contribution < 1.29 is 0 Å². The highest BCUT2D eigenvalue weighted by Gasteiger charge is 2.18. The fraction of sp³-hybridized carbons (Fsp3) is 0. The van der Waals surface area contributed by atoms with Crippen LogP contribution in [0.4, 0.5) is 17.1 Å². The average Bonchev–Trinajstić information content (AvgIpc) is 3.65. The topological polar surface area (TPSA) is 8.17 Å². The zero-order valence-corrected chi connectivity index (χ0v) is 31.8. The molecule has 2 nitrogen and oxygen atoms in total. The fourth-order valence-electron chi connectivity index (χ4n) is 8.86. The quantitative estimate of drug-likeness (QED) is 0.158. The number of hydrogen-bond acceptors (Lipinski definition) is 1. The van der Waals surface area contributed by atoms with E-state index in [1.807, 2.05) is 0 Å². The van der Waals surface area contributed by atoms with Gasteiger partial charge >= 0.3 is 0 Å². The third kappa shape index (κ3) is 5.74. The average molecular weight is 739 g/mol. The fourth-order valence-corrected chi connectivity index (χ4v) is 8.86. The van der Waals surface area contributed by atoms with Crippen LogP contribution in [-0.2, 0) is 0 Å². The molecule has 0 aliphatic rings. The molecular weight excluding hydrogens is 701 g/mol. The number of aromatic nitrogens is 1. The Balaban J connectivity index is 0.971. The lowest BCUT2D eigenvalue weighted by Crippen LogP contribution is -2.09. The van der Waals surface area contributed by atoms with Gasteiger partial charge in [0.15, 0.2) is 0 Å². The van der Waals surface area contributed by atoms with Gasteiger partial charge in [-0.25, -0.2) is 0 Å². The van der Waals surface area contributed by atoms with Crippen molar-refractivity contribution in [2.75, 3.05) is 4.90 Å². The number of rotatable bonds is 7. The van der Waals surface area contributed by atoms with Gasteiger partial charge in [-0.3, -0.25) is 0 Å². The first-order chi connectivity index (χ1) is 28.8. The molecule has 11 rings (SSSR count). The molecule has 0 saturated heterocycles. The van der Waals surface area contributed by atoms with Gasteiger partial charge in [0.05, 0.1) is 11.0 Å². The van der Waals surface area contributed by atoms with Crippen molar-refractivity contribution in [3.63, 3.8) is 0 Å². The van der Waals surface area contributed by atoms with Crippen molar-refractivity contribution in [1.29, 1.82) is 0 Å². The van der Waals surface area contributed by atoms with Crippen LogP contribution in [0.5, 0.6) is 0 Å². The van der Waals surface area contributed by atoms with Gasteiger partial charge in [0.25, 0.3) is 0 Å². The Labute approximate surface area is 338 Å². The monoisotopic (exact) mass is 738 g/mol. The summed E-state index contributed by atoms with van der Waals surface area (Å²) >= 11 is 0. The molecule has 1 heterocycles. The summed E-state index contributed by atoms with van der Waals surface area (Å²) in [6.07, 6.45) is 0. The van der Waals surface area contributed by atoms with Gasteiger partial charge in [-0.15, -0.1) is 0 Å². The molecule has 2 heteroatoms. The van der Waals surface area contributed by atoms with Gasteiger partial charge in [-0.05, 0) is 116 Å². The molecule has 0 spiro atoms. The van der Waals surface area contributed by atoms with Gasteiger partial charge in [-0.2, -0.15) is 0 Å². The summed E-state index contributed by atoms with van der Waals surface area (Å²) in [6, 6.07) is 83.5. The largest absolute Gasteiger partial charge is 0.311 e. The predicted octanol–water partition coefficient (Wildman–Crippen LogP) is 15.6. The van der Waals surface area contributed by atoms with E-state index in [-0.39, 0.29) is 0 Å². The molecule has 0 N–H and O–H groups in total. The molecule has 1 aromatic heterocycles. The van der Waals surface area contributed by atoms with Crippen molar-refractivity contribution in [3.8, 4) is 39.1 Å². The first-order valence-corrected chi connectivity index (χ1v) is 19.9. The van der Waals surface area contributed by atoms with Crippen molar-refractivity contribution in [3.05, 3.63) is 231 Å². The number of anilines is 3. The second kappa shape index (κ2) is 14.1. The summed E-state index contributed by atoms with van der Waals surface area (Å²) in [6.45, 7) is 0. The molecular formula is C56H38N2. The van der Waals surface area contributed by atoms with Crippen LogP contribution in [0, 0.1) is 0 Å². The van der Waals surface area contributed by atoms with Gasteiger partial charge in [0.1, 0.15) is 0 Å². The van der Waals surface area contributed by atoms with E-state index in [0.29, 0.717) is 0 Å². The second-order valence-electron chi connectivity index (χ2n) is 14.9. The molecule has 0 fully saturated rings. The van der Waals surface area contributed by atoms with E-state index >= 15 is 0 Å². The Hall–Kier alpha value is -7.68. The maximum absolute atomic E-state index is 2.43. The zero-order chi connectivity index (χ0) is 38.4. The summed E-state index contributed by atoms with van der Waals surface area (Å²) in [5.41, 5.74) is 14.2. The summed E-state index contributed by atoms with van der Waals surface area (Å²) in [7, 11) is 0. The number of nitrogens with zero attached hydrogens (tertiary/aromatic N) is 2. The Morgan fingerprint density at radius 3 is 1.47 bits per heavy atom. The van der Waals surface area contributed by atoms with Crippen LogP contribution in [0.3, 0.4) is 0 Å². The molecule has 0 atom stereocenters. The lowest BCUT2D eigenvalue weighted by atomic mass is 9.92. The Bertz CT molecular complexity index is 3230. The summed E-state index contributed by atoms with van der Waals surface area (Å²) in [5.74, 6) is 0. The molecule has 0 saturated carbocycles. The first-order valence-electron chi connectivity index (χ1n) is 19.9. The van der Waals surface area contributed by atoms with E-state index in [4.69, 9.17) is 0 Å². The third-order valence-corrected chi connectivity index (χ3v) is 11.6. The highest BCUT2D eigenvalue weighted by molar-refractivity contribution is 6.25. The van der Waals surface area contributed by atoms with E-state index in [1.165, 1.54) is 76.7 Å². The Morgan fingerprint density at radius 2 is 0.776 bits per heavy atom. The van der Waals surface area contributed by atoms with E-state index < -0.39 is 0 Å². The molecule has 0 amide bonds. The summed E-state index contributed by atoms with van der Waals surface area (Å²) in [5, 5.41) is 7.60. The van der Waals surface area contributed by atoms with E-state index in [0.717, 1.165) is 22.7 Å². The maximum Gasteiger partial charge on any atom is 0.0547 e. The number of fused-ring (bicyclic) bond motifs is 6. The van der Waals surface area contributed by atoms with Crippen molar-refractivity contribution in [1.82, 2.24) is 4.57 Å². The molecule has 10 aromatic carbocycles. The summed E-state index contributed by atoms with van der Waals surface area (Å²) in [4.78, 5) is 2.32. The smallest absolute Gasteiger partial charge is 0.0547 e. The van der Waals surface area contributed by atoms with Gasteiger partial charge < -0.3 is 9.47 Å². The highest BCUT2D eigenvalue weighted by Crippen LogP contribution is 2.43. The Kier molecular flexibility index (Phi) is 8.19. The minimum atomic E-state index is 1.11. The van der Waals surface area contributed by atoms with Crippen LogP contribution in [0.15, 0.2) is 231 Å². The second-order valence-corrected chi connectivity index (χ2v) is 14.9. The molecule has 11 aromatic rings. The molecule has 0 bridgehead atoms. The minimum Gasteiger partial charge on any atom is -0.311 e. The standard InChI is InChI=1S/C56H38N2/c1-3-13-39(14-4-1)40-25-32-46(33-26-40)57(45-18-5-2-6-19-45)47-34-27-41(28-35-47)42-29-36-48(37-30-42)58-53-24-10-9-21-52(53)56-54(58)38-31-44-17-12-23-51(55(44)56)50-22-11-16-43-15-7-8-20-49(43)50/h1-38H. The predicted molar refractivity (Wildman–Crippen MR) is 247 cm³/mol. The SMILES string of the molecule is c1ccc(-c2ccc(N(c3ccccc3)c3ccc(-c4ccc(-n5c6ccccc6c6c7c(-c8cccc9ccccc89)cccc7ccc65)cc4)cc3)cc2)cc1. The highest BCUT2D eigenvalue weighted by atomic mass is 15.1. The summed E-state index contributed by atoms with van der Waals surface area (Å²) < 4.78 is 2.43. The van der Waals surface area contributed by atoms with Crippen LogP contribution in [0.1, 0.15) is 0 Å². The Morgan fingerprint density at radius 1 is 0.276 bits per heavy atom. The van der Waals surface area contributed by atoms with Gasteiger partial charge in [0, 0.05) is 33.5 Å². The molecule has 0 unspecified atom stereocenters. The minimum absolute atomic E-state index is 1.11. The van der Waals surface area contributed by atoms with Crippen LogP contribution in [0.2, 0.25) is 0 Å².